The molecule has 208 valence electrons. The molecule has 3 aromatic rings. The molecular weight excluding hydrogens is 516 g/mol. The average Bonchev–Trinajstić information content (AvgIpc) is 3.48. The molecule has 8 nitrogen and oxygen atoms in total. The Morgan fingerprint density at radius 1 is 0.897 bits per heavy atom. The SMILES string of the molecule is COc1ccc(N(C(=O)Cc2cccs2)[C@H](C(=O)NC2CCCCC2)c2cccc(OC)c2OC)cc1OC. The lowest BCUT2D eigenvalue weighted by molar-refractivity contribution is -0.127. The molecule has 0 spiro atoms. The molecule has 1 aromatic heterocycles. The molecule has 0 saturated heterocycles. The van der Waals surface area contributed by atoms with Crippen LogP contribution >= 0.6 is 11.3 Å². The summed E-state index contributed by atoms with van der Waals surface area (Å²) in [6.07, 6.45) is 5.24. The highest BCUT2D eigenvalue weighted by Gasteiger charge is 2.37. The predicted octanol–water partition coefficient (Wildman–Crippen LogP) is 5.55. The van der Waals surface area contributed by atoms with Crippen molar-refractivity contribution in [3.63, 3.8) is 0 Å². The van der Waals surface area contributed by atoms with Gasteiger partial charge in [-0.1, -0.05) is 37.5 Å². The number of methoxy groups -OCH3 is 4. The third-order valence-electron chi connectivity index (χ3n) is 7.01. The van der Waals surface area contributed by atoms with Crippen LogP contribution in [0.4, 0.5) is 5.69 Å². The molecule has 1 aliphatic carbocycles. The number of benzene rings is 2. The number of thiophene rings is 1. The van der Waals surface area contributed by atoms with Gasteiger partial charge in [0.05, 0.1) is 34.9 Å². The van der Waals surface area contributed by atoms with Gasteiger partial charge in [0.2, 0.25) is 11.8 Å². The molecule has 0 unspecified atom stereocenters. The van der Waals surface area contributed by atoms with Gasteiger partial charge in [-0.2, -0.15) is 0 Å². The van der Waals surface area contributed by atoms with Crippen molar-refractivity contribution in [3.05, 3.63) is 64.4 Å². The number of amides is 2. The third kappa shape index (κ3) is 6.47. The highest BCUT2D eigenvalue weighted by atomic mass is 32.1. The number of ether oxygens (including phenoxy) is 4. The number of anilines is 1. The number of carbonyl (C=O) groups excluding carboxylic acids is 2. The number of nitrogens with zero attached hydrogens (tertiary/aromatic N) is 1. The molecule has 9 heteroatoms. The lowest BCUT2D eigenvalue weighted by Crippen LogP contribution is -2.47. The van der Waals surface area contributed by atoms with Gasteiger partial charge in [-0.3, -0.25) is 14.5 Å². The molecule has 39 heavy (non-hydrogen) atoms. The van der Waals surface area contributed by atoms with Gasteiger partial charge in [-0.25, -0.2) is 0 Å². The average molecular weight is 553 g/mol. The fraction of sp³-hybridized carbons (Fsp3) is 0.400. The molecule has 4 rings (SSSR count). The number of nitrogens with one attached hydrogen (secondary N) is 1. The molecule has 2 aromatic carbocycles. The quantitative estimate of drug-likeness (QED) is 0.336. The highest BCUT2D eigenvalue weighted by Crippen LogP contribution is 2.41. The Hall–Kier alpha value is -3.72. The summed E-state index contributed by atoms with van der Waals surface area (Å²) < 4.78 is 22.3. The first-order valence-corrected chi connectivity index (χ1v) is 14.0. The molecule has 1 atom stereocenters. The number of hydrogen-bond acceptors (Lipinski definition) is 7. The standard InChI is InChI=1S/C30H36N2O6S/c1-35-24-16-15-21(18-26(24)37-3)32(27(33)19-22-12-9-17-39-22)28(30(34)31-20-10-6-5-7-11-20)23-13-8-14-25(36-2)29(23)38-4/h8-9,12-18,20,28H,5-7,10-11,19H2,1-4H3,(H,31,34)/t28-/m0/s1. The summed E-state index contributed by atoms with van der Waals surface area (Å²) in [5.74, 6) is 1.34. The van der Waals surface area contributed by atoms with E-state index >= 15 is 0 Å². The zero-order valence-electron chi connectivity index (χ0n) is 22.9. The van der Waals surface area contributed by atoms with E-state index in [4.69, 9.17) is 18.9 Å². The van der Waals surface area contributed by atoms with Crippen molar-refractivity contribution in [2.75, 3.05) is 33.3 Å². The molecule has 1 saturated carbocycles. The van der Waals surface area contributed by atoms with Gasteiger partial charge >= 0.3 is 0 Å². The maximum atomic E-state index is 14.2. The lowest BCUT2D eigenvalue weighted by Gasteiger charge is -2.34. The number of rotatable bonds is 11. The summed E-state index contributed by atoms with van der Waals surface area (Å²) in [5, 5.41) is 5.17. The minimum absolute atomic E-state index is 0.0463. The molecule has 1 heterocycles. The number of para-hydroxylation sites is 1. The van der Waals surface area contributed by atoms with Crippen molar-refractivity contribution in [3.8, 4) is 23.0 Å². The molecule has 0 radical (unpaired) electrons. The molecule has 2 amide bonds. The second-order valence-corrected chi connectivity index (χ2v) is 10.4. The van der Waals surface area contributed by atoms with Crippen LogP contribution in [-0.2, 0) is 16.0 Å². The Bertz CT molecular complexity index is 1260. The van der Waals surface area contributed by atoms with Crippen LogP contribution in [-0.4, -0.2) is 46.3 Å². The molecule has 1 fully saturated rings. The van der Waals surface area contributed by atoms with Crippen molar-refractivity contribution < 1.29 is 28.5 Å². The first-order chi connectivity index (χ1) is 19.0. The summed E-state index contributed by atoms with van der Waals surface area (Å²) in [7, 11) is 6.18. The first kappa shape index (κ1) is 28.3. The van der Waals surface area contributed by atoms with Crippen LogP contribution in [0.3, 0.4) is 0 Å². The van der Waals surface area contributed by atoms with Crippen molar-refractivity contribution in [1.82, 2.24) is 5.32 Å². The molecular formula is C30H36N2O6S. The molecule has 0 aliphatic heterocycles. The van der Waals surface area contributed by atoms with E-state index in [-0.39, 0.29) is 24.3 Å². The second-order valence-electron chi connectivity index (χ2n) is 9.39. The minimum Gasteiger partial charge on any atom is -0.493 e. The summed E-state index contributed by atoms with van der Waals surface area (Å²) >= 11 is 1.50. The van der Waals surface area contributed by atoms with Gasteiger partial charge in [0.1, 0.15) is 6.04 Å². The van der Waals surface area contributed by atoms with Crippen LogP contribution in [0.5, 0.6) is 23.0 Å². The van der Waals surface area contributed by atoms with E-state index in [9.17, 15) is 9.59 Å². The maximum Gasteiger partial charge on any atom is 0.248 e. The predicted molar refractivity (Wildman–Crippen MR) is 152 cm³/mol. The van der Waals surface area contributed by atoms with Gasteiger partial charge in [0.25, 0.3) is 0 Å². The van der Waals surface area contributed by atoms with E-state index in [0.29, 0.717) is 34.2 Å². The van der Waals surface area contributed by atoms with Crippen molar-refractivity contribution >= 4 is 28.8 Å². The van der Waals surface area contributed by atoms with Crippen LogP contribution in [0.25, 0.3) is 0 Å². The van der Waals surface area contributed by atoms with E-state index in [2.05, 4.69) is 5.32 Å². The van der Waals surface area contributed by atoms with Gasteiger partial charge in [0.15, 0.2) is 23.0 Å². The number of carbonyl (C=O) groups is 2. The maximum absolute atomic E-state index is 14.2. The van der Waals surface area contributed by atoms with Gasteiger partial charge < -0.3 is 24.3 Å². The smallest absolute Gasteiger partial charge is 0.248 e. The lowest BCUT2D eigenvalue weighted by atomic mass is 9.94. The van der Waals surface area contributed by atoms with E-state index in [0.717, 1.165) is 37.0 Å². The van der Waals surface area contributed by atoms with Crippen molar-refractivity contribution in [2.45, 2.75) is 50.6 Å². The zero-order valence-corrected chi connectivity index (χ0v) is 23.7. The summed E-state index contributed by atoms with van der Waals surface area (Å²) in [6.45, 7) is 0. The summed E-state index contributed by atoms with van der Waals surface area (Å²) in [5.41, 5.74) is 1.03. The Morgan fingerprint density at radius 3 is 2.28 bits per heavy atom. The second kappa shape index (κ2) is 13.4. The van der Waals surface area contributed by atoms with E-state index in [1.54, 1.807) is 50.6 Å². The Morgan fingerprint density at radius 2 is 1.64 bits per heavy atom. The minimum atomic E-state index is -1.03. The van der Waals surface area contributed by atoms with Crippen LogP contribution in [0.2, 0.25) is 0 Å². The topological polar surface area (TPSA) is 86.3 Å². The van der Waals surface area contributed by atoms with Crippen molar-refractivity contribution in [2.24, 2.45) is 0 Å². The number of hydrogen-bond donors (Lipinski definition) is 1. The van der Waals surface area contributed by atoms with E-state index in [1.807, 2.05) is 17.5 Å². The van der Waals surface area contributed by atoms with E-state index < -0.39 is 6.04 Å². The van der Waals surface area contributed by atoms with Gasteiger partial charge in [-0.05, 0) is 42.5 Å². The molecule has 0 bridgehead atoms. The third-order valence-corrected chi connectivity index (χ3v) is 7.88. The van der Waals surface area contributed by atoms with Gasteiger partial charge in [-0.15, -0.1) is 11.3 Å². The fourth-order valence-electron chi connectivity index (χ4n) is 5.11. The molecule has 1 N–H and O–H groups in total. The first-order valence-electron chi connectivity index (χ1n) is 13.1. The summed E-state index contributed by atoms with van der Waals surface area (Å²) in [6, 6.07) is 13.4. The van der Waals surface area contributed by atoms with Gasteiger partial charge in [0, 0.05) is 28.2 Å². The van der Waals surface area contributed by atoms with Crippen LogP contribution in [0.1, 0.15) is 48.6 Å². The fourth-order valence-corrected chi connectivity index (χ4v) is 5.81. The van der Waals surface area contributed by atoms with Crippen LogP contribution in [0, 0.1) is 0 Å². The zero-order chi connectivity index (χ0) is 27.8. The Labute approximate surface area is 233 Å². The Kier molecular flexibility index (Phi) is 9.70. The summed E-state index contributed by atoms with van der Waals surface area (Å²) in [4.78, 5) is 30.8. The van der Waals surface area contributed by atoms with Crippen LogP contribution in [0.15, 0.2) is 53.9 Å². The van der Waals surface area contributed by atoms with Crippen LogP contribution < -0.4 is 29.2 Å². The highest BCUT2D eigenvalue weighted by molar-refractivity contribution is 7.10. The Balaban J connectivity index is 1.88. The molecule has 1 aliphatic rings. The van der Waals surface area contributed by atoms with Crippen molar-refractivity contribution in [1.29, 1.82) is 0 Å². The normalized spacial score (nSPS) is 14.3. The largest absolute Gasteiger partial charge is 0.493 e. The van der Waals surface area contributed by atoms with E-state index in [1.165, 1.54) is 30.5 Å². The monoisotopic (exact) mass is 552 g/mol.